The molecule has 0 aromatic heterocycles. The van der Waals surface area contributed by atoms with Crippen LogP contribution in [0.3, 0.4) is 0 Å². The predicted molar refractivity (Wildman–Crippen MR) is 68.9 cm³/mol. The fourth-order valence-corrected chi connectivity index (χ4v) is 1.56. The normalized spacial score (nSPS) is 10.6. The minimum absolute atomic E-state index is 0.156. The highest BCUT2D eigenvalue weighted by molar-refractivity contribution is 5.85. The molecule has 0 fully saturated rings. The van der Waals surface area contributed by atoms with Crippen molar-refractivity contribution in [2.45, 2.75) is 0 Å². The molecule has 0 aliphatic carbocycles. The smallest absolute Gasteiger partial charge is 0.150 e. The second kappa shape index (κ2) is 5.12. The molecule has 0 bridgehead atoms. The van der Waals surface area contributed by atoms with Crippen molar-refractivity contribution in [2.24, 2.45) is 0 Å². The topological polar surface area (TPSA) is 37.3 Å². The quantitative estimate of drug-likeness (QED) is 0.641. The van der Waals surface area contributed by atoms with Crippen LogP contribution in [0, 0.1) is 0 Å². The number of rotatable bonds is 3. The number of phenolic OH excluding ortho intramolecular Hbond substituents is 1. The molecule has 17 heavy (non-hydrogen) atoms. The summed E-state index contributed by atoms with van der Waals surface area (Å²) in [6.45, 7) is 0. The summed E-state index contributed by atoms with van der Waals surface area (Å²) in [5, 5.41) is 9.38. The first-order chi connectivity index (χ1) is 8.29. The number of carbonyl (C=O) groups excluding carboxylic acids is 1. The fourth-order valence-electron chi connectivity index (χ4n) is 1.56. The molecule has 0 radical (unpaired) electrons. The van der Waals surface area contributed by atoms with Gasteiger partial charge in [-0.2, -0.15) is 0 Å². The molecule has 2 aromatic carbocycles. The van der Waals surface area contributed by atoms with E-state index >= 15 is 0 Å². The molecule has 0 unspecified atom stereocenters. The molecule has 0 heterocycles. The lowest BCUT2D eigenvalue weighted by atomic mass is 10.1. The zero-order valence-corrected chi connectivity index (χ0v) is 9.21. The lowest BCUT2D eigenvalue weighted by Gasteiger charge is -2.00. The lowest BCUT2D eigenvalue weighted by Crippen LogP contribution is -1.85. The van der Waals surface area contributed by atoms with Crippen molar-refractivity contribution in [3.05, 3.63) is 65.2 Å². The summed E-state index contributed by atoms with van der Waals surface area (Å²) in [7, 11) is 0. The van der Waals surface area contributed by atoms with Crippen LogP contribution in [-0.2, 0) is 0 Å². The molecule has 0 saturated heterocycles. The van der Waals surface area contributed by atoms with Crippen LogP contribution in [0.2, 0.25) is 0 Å². The number of aromatic hydroxyl groups is 1. The Morgan fingerprint density at radius 2 is 1.65 bits per heavy atom. The molecule has 2 aromatic rings. The van der Waals surface area contributed by atoms with Crippen LogP contribution in [-0.4, -0.2) is 11.4 Å². The van der Waals surface area contributed by atoms with Gasteiger partial charge in [0.25, 0.3) is 0 Å². The van der Waals surface area contributed by atoms with Crippen molar-refractivity contribution in [3.63, 3.8) is 0 Å². The largest absolute Gasteiger partial charge is 0.508 e. The molecule has 0 spiro atoms. The van der Waals surface area contributed by atoms with Gasteiger partial charge in [0, 0.05) is 5.56 Å². The van der Waals surface area contributed by atoms with Gasteiger partial charge in [-0.1, -0.05) is 42.5 Å². The van der Waals surface area contributed by atoms with Gasteiger partial charge < -0.3 is 5.11 Å². The van der Waals surface area contributed by atoms with E-state index in [-0.39, 0.29) is 5.75 Å². The molecule has 84 valence electrons. The minimum atomic E-state index is 0.156. The SMILES string of the molecule is O=Cc1ccc(O)cc1C=Cc1ccccc1. The monoisotopic (exact) mass is 224 g/mol. The van der Waals surface area contributed by atoms with Gasteiger partial charge >= 0.3 is 0 Å². The number of aldehydes is 1. The highest BCUT2D eigenvalue weighted by atomic mass is 16.3. The summed E-state index contributed by atoms with van der Waals surface area (Å²) in [5.74, 6) is 0.156. The molecule has 0 saturated carbocycles. The number of carbonyl (C=O) groups is 1. The Labute approximate surface area is 99.8 Å². The van der Waals surface area contributed by atoms with Crippen LogP contribution in [0.1, 0.15) is 21.5 Å². The molecule has 2 nitrogen and oxygen atoms in total. The Hall–Kier alpha value is -2.35. The van der Waals surface area contributed by atoms with E-state index in [1.165, 1.54) is 6.07 Å². The first-order valence-electron chi connectivity index (χ1n) is 5.31. The maximum atomic E-state index is 10.8. The molecule has 0 amide bonds. The molecule has 0 aliphatic rings. The van der Waals surface area contributed by atoms with Gasteiger partial charge in [-0.05, 0) is 29.3 Å². The van der Waals surface area contributed by atoms with Crippen molar-refractivity contribution in [1.82, 2.24) is 0 Å². The highest BCUT2D eigenvalue weighted by Gasteiger charge is 1.99. The van der Waals surface area contributed by atoms with Gasteiger partial charge in [-0.15, -0.1) is 0 Å². The van der Waals surface area contributed by atoms with Crippen LogP contribution in [0.4, 0.5) is 0 Å². The first kappa shape index (κ1) is 11.1. The molecule has 1 N–H and O–H groups in total. The van der Waals surface area contributed by atoms with E-state index in [0.29, 0.717) is 11.1 Å². The third-order valence-corrected chi connectivity index (χ3v) is 2.45. The van der Waals surface area contributed by atoms with E-state index < -0.39 is 0 Å². The zero-order valence-electron chi connectivity index (χ0n) is 9.21. The van der Waals surface area contributed by atoms with E-state index in [1.54, 1.807) is 12.1 Å². The maximum absolute atomic E-state index is 10.8. The number of benzene rings is 2. The van der Waals surface area contributed by atoms with Crippen molar-refractivity contribution in [1.29, 1.82) is 0 Å². The second-order valence-corrected chi connectivity index (χ2v) is 3.68. The average Bonchev–Trinajstić information content (AvgIpc) is 2.38. The highest BCUT2D eigenvalue weighted by Crippen LogP contribution is 2.18. The van der Waals surface area contributed by atoms with Gasteiger partial charge in [0.1, 0.15) is 5.75 Å². The van der Waals surface area contributed by atoms with Crippen molar-refractivity contribution in [3.8, 4) is 5.75 Å². The standard InChI is InChI=1S/C15H12O2/c16-11-14-8-9-15(17)10-13(14)7-6-12-4-2-1-3-5-12/h1-11,17H. The third kappa shape index (κ3) is 2.82. The van der Waals surface area contributed by atoms with Crippen molar-refractivity contribution in [2.75, 3.05) is 0 Å². The van der Waals surface area contributed by atoms with Gasteiger partial charge in [0.15, 0.2) is 6.29 Å². The molecule has 0 aliphatic heterocycles. The lowest BCUT2D eigenvalue weighted by molar-refractivity contribution is 0.112. The van der Waals surface area contributed by atoms with Gasteiger partial charge in [-0.25, -0.2) is 0 Å². The Balaban J connectivity index is 2.32. The van der Waals surface area contributed by atoms with E-state index in [1.807, 2.05) is 42.5 Å². The van der Waals surface area contributed by atoms with Crippen LogP contribution >= 0.6 is 0 Å². The van der Waals surface area contributed by atoms with Crippen LogP contribution in [0.15, 0.2) is 48.5 Å². The fraction of sp³-hybridized carbons (Fsp3) is 0. The van der Waals surface area contributed by atoms with Crippen LogP contribution in [0.5, 0.6) is 5.75 Å². The van der Waals surface area contributed by atoms with Gasteiger partial charge in [0.05, 0.1) is 0 Å². The minimum Gasteiger partial charge on any atom is -0.508 e. The zero-order chi connectivity index (χ0) is 12.1. The van der Waals surface area contributed by atoms with Crippen molar-refractivity contribution < 1.29 is 9.90 Å². The summed E-state index contributed by atoms with van der Waals surface area (Å²) in [6, 6.07) is 14.5. The molecular weight excluding hydrogens is 212 g/mol. The summed E-state index contributed by atoms with van der Waals surface area (Å²) >= 11 is 0. The van der Waals surface area contributed by atoms with E-state index in [9.17, 15) is 9.90 Å². The van der Waals surface area contributed by atoms with E-state index in [4.69, 9.17) is 0 Å². The summed E-state index contributed by atoms with van der Waals surface area (Å²) in [5.41, 5.74) is 2.33. The number of phenols is 1. The van der Waals surface area contributed by atoms with E-state index in [0.717, 1.165) is 11.8 Å². The van der Waals surface area contributed by atoms with Crippen LogP contribution in [0.25, 0.3) is 12.2 Å². The maximum Gasteiger partial charge on any atom is 0.150 e. The summed E-state index contributed by atoms with van der Waals surface area (Å²) in [4.78, 5) is 10.8. The summed E-state index contributed by atoms with van der Waals surface area (Å²) < 4.78 is 0. The number of hydrogen-bond donors (Lipinski definition) is 1. The molecule has 2 heteroatoms. The first-order valence-corrected chi connectivity index (χ1v) is 5.31. The Morgan fingerprint density at radius 1 is 0.882 bits per heavy atom. The van der Waals surface area contributed by atoms with Crippen molar-refractivity contribution >= 4 is 18.4 Å². The van der Waals surface area contributed by atoms with Crippen LogP contribution < -0.4 is 0 Å². The second-order valence-electron chi connectivity index (χ2n) is 3.68. The molecule has 0 atom stereocenters. The average molecular weight is 224 g/mol. The van der Waals surface area contributed by atoms with Gasteiger partial charge in [-0.3, -0.25) is 4.79 Å². The predicted octanol–water partition coefficient (Wildman–Crippen LogP) is 3.38. The Bertz CT molecular complexity index is 542. The van der Waals surface area contributed by atoms with E-state index in [2.05, 4.69) is 0 Å². The third-order valence-electron chi connectivity index (χ3n) is 2.45. The molecular formula is C15H12O2. The summed E-state index contributed by atoms with van der Waals surface area (Å²) in [6.07, 6.45) is 4.50. The Kier molecular flexibility index (Phi) is 3.36. The van der Waals surface area contributed by atoms with Gasteiger partial charge in [0.2, 0.25) is 0 Å². The number of hydrogen-bond acceptors (Lipinski definition) is 2. The Morgan fingerprint density at radius 3 is 2.35 bits per heavy atom. The molecule has 2 rings (SSSR count).